The van der Waals surface area contributed by atoms with Crippen LogP contribution in [0.3, 0.4) is 0 Å². The number of aliphatic hydroxyl groups is 1. The van der Waals surface area contributed by atoms with Gasteiger partial charge in [0.05, 0.1) is 30.6 Å². The lowest BCUT2D eigenvalue weighted by atomic mass is 9.70. The van der Waals surface area contributed by atoms with E-state index >= 15 is 0 Å². The number of unbranched alkanes of at least 4 members (excludes halogenated alkanes) is 2. The molecule has 7 atom stereocenters. The molecule has 1 aromatic rings. The molecule has 3 aliphatic rings. The highest BCUT2D eigenvalue weighted by atomic mass is 79.9. The van der Waals surface area contributed by atoms with Crippen molar-refractivity contribution in [3.8, 4) is 0 Å². The molecule has 4 rings (SSSR count). The molecule has 3 unspecified atom stereocenters. The van der Waals surface area contributed by atoms with Crippen LogP contribution >= 0.6 is 15.9 Å². The first-order valence-electron chi connectivity index (χ1n) is 13.1. The van der Waals surface area contributed by atoms with Gasteiger partial charge in [-0.2, -0.15) is 0 Å². The van der Waals surface area contributed by atoms with Gasteiger partial charge in [-0.25, -0.2) is 0 Å². The molecule has 3 N–H and O–H groups in total. The van der Waals surface area contributed by atoms with Gasteiger partial charge in [-0.1, -0.05) is 79.9 Å². The van der Waals surface area contributed by atoms with Crippen LogP contribution in [0.1, 0.15) is 52.0 Å². The number of carbonyl (C=O) groups excluding carboxylic acids is 3. The van der Waals surface area contributed by atoms with E-state index in [1.54, 1.807) is 0 Å². The third-order valence-electron chi connectivity index (χ3n) is 7.98. The molecule has 3 saturated heterocycles. The summed E-state index contributed by atoms with van der Waals surface area (Å²) in [5.41, 5.74) is -0.147. The number of halogens is 1. The van der Waals surface area contributed by atoms with Gasteiger partial charge in [0.2, 0.25) is 17.7 Å². The number of carbonyl (C=O) groups is 3. The molecule has 3 aliphatic heterocycles. The van der Waals surface area contributed by atoms with Crippen LogP contribution in [0.2, 0.25) is 0 Å². The molecule has 198 valence electrons. The number of fused-ring (bicyclic) bond motifs is 1. The van der Waals surface area contributed by atoms with Gasteiger partial charge in [0.15, 0.2) is 0 Å². The minimum absolute atomic E-state index is 0.0770. The Balaban J connectivity index is 1.64. The number of benzene rings is 1. The van der Waals surface area contributed by atoms with Gasteiger partial charge in [0.1, 0.15) is 11.6 Å². The molecule has 8 nitrogen and oxygen atoms in total. The molecule has 36 heavy (non-hydrogen) atoms. The number of aliphatic hydroxyl groups excluding tert-OH is 1. The van der Waals surface area contributed by atoms with Crippen molar-refractivity contribution in [1.29, 1.82) is 0 Å². The molecule has 3 heterocycles. The standard InChI is InChI=1S/C27H38BrN3O5/c1-4-5-9-12-29-25(34)23-27-13-18(28)22(36-27)20(24(33)30-14-17-10-7-6-8-11-17)21(27)26(35)31(23)19(15-32)16(2)3/h6-8,10-11,16,18-23,32H,4-5,9,12-15H2,1-3H3,(H,29,34)(H,30,33)/t18?,19-,20+,21-,22+,23?,27?/m0/s1. The largest absolute Gasteiger partial charge is 0.394 e. The molecule has 1 aromatic carbocycles. The smallest absolute Gasteiger partial charge is 0.245 e. The molecule has 1 spiro atoms. The number of hydrogen-bond donors (Lipinski definition) is 3. The lowest BCUT2D eigenvalue weighted by molar-refractivity contribution is -0.146. The van der Waals surface area contributed by atoms with Gasteiger partial charge < -0.3 is 25.4 Å². The third kappa shape index (κ3) is 4.70. The molecular formula is C27H38BrN3O5. The summed E-state index contributed by atoms with van der Waals surface area (Å²) in [7, 11) is 0. The first-order valence-corrected chi connectivity index (χ1v) is 14.0. The second-order valence-corrected chi connectivity index (χ2v) is 11.8. The molecule has 3 amide bonds. The first-order chi connectivity index (χ1) is 17.3. The van der Waals surface area contributed by atoms with Crippen LogP contribution in [0.4, 0.5) is 0 Å². The summed E-state index contributed by atoms with van der Waals surface area (Å²) >= 11 is 3.69. The summed E-state index contributed by atoms with van der Waals surface area (Å²) in [4.78, 5) is 42.5. The van der Waals surface area contributed by atoms with Crippen molar-refractivity contribution in [2.45, 2.75) is 81.6 Å². The maximum Gasteiger partial charge on any atom is 0.245 e. The predicted molar refractivity (Wildman–Crippen MR) is 139 cm³/mol. The highest BCUT2D eigenvalue weighted by Crippen LogP contribution is 2.60. The van der Waals surface area contributed by atoms with Crippen molar-refractivity contribution in [2.75, 3.05) is 13.2 Å². The van der Waals surface area contributed by atoms with Gasteiger partial charge in [0.25, 0.3) is 0 Å². The Morgan fingerprint density at radius 1 is 1.19 bits per heavy atom. The number of hydrogen-bond acceptors (Lipinski definition) is 5. The summed E-state index contributed by atoms with van der Waals surface area (Å²) in [5, 5.41) is 16.2. The Bertz CT molecular complexity index is 960. The van der Waals surface area contributed by atoms with E-state index in [0.717, 1.165) is 24.8 Å². The van der Waals surface area contributed by atoms with Gasteiger partial charge >= 0.3 is 0 Å². The van der Waals surface area contributed by atoms with Crippen molar-refractivity contribution in [2.24, 2.45) is 17.8 Å². The van der Waals surface area contributed by atoms with E-state index in [1.807, 2.05) is 44.2 Å². The van der Waals surface area contributed by atoms with E-state index in [0.29, 0.717) is 19.5 Å². The Hall–Kier alpha value is -1.97. The monoisotopic (exact) mass is 563 g/mol. The van der Waals surface area contributed by atoms with Crippen molar-refractivity contribution in [1.82, 2.24) is 15.5 Å². The molecule has 9 heteroatoms. The molecule has 0 saturated carbocycles. The van der Waals surface area contributed by atoms with Gasteiger partial charge in [-0.05, 0) is 24.3 Å². The summed E-state index contributed by atoms with van der Waals surface area (Å²) in [5.74, 6) is -2.36. The number of nitrogens with zero attached hydrogens (tertiary/aromatic N) is 1. The normalized spacial score (nSPS) is 31.6. The van der Waals surface area contributed by atoms with E-state index in [9.17, 15) is 19.5 Å². The summed E-state index contributed by atoms with van der Waals surface area (Å²) in [6.07, 6.45) is 2.83. The SMILES string of the molecule is CCCCCNC(=O)C1N([C@@H](CO)C(C)C)C(=O)[C@@H]2[C@@H](C(=O)NCc3ccccc3)[C@@H]3OC12CC3Br. The summed E-state index contributed by atoms with van der Waals surface area (Å²) in [6.45, 7) is 6.54. The molecule has 0 radical (unpaired) electrons. The number of ether oxygens (including phenoxy) is 1. The van der Waals surface area contributed by atoms with Crippen LogP contribution in [0.25, 0.3) is 0 Å². The van der Waals surface area contributed by atoms with Crippen molar-refractivity contribution in [3.05, 3.63) is 35.9 Å². The Morgan fingerprint density at radius 3 is 2.56 bits per heavy atom. The zero-order valence-electron chi connectivity index (χ0n) is 21.3. The zero-order valence-corrected chi connectivity index (χ0v) is 22.9. The fraction of sp³-hybridized carbons (Fsp3) is 0.667. The average Bonchev–Trinajstić information content (AvgIpc) is 3.45. The Morgan fingerprint density at radius 2 is 1.92 bits per heavy atom. The van der Waals surface area contributed by atoms with E-state index in [2.05, 4.69) is 33.5 Å². The van der Waals surface area contributed by atoms with Gasteiger partial charge in [-0.15, -0.1) is 0 Å². The maximum absolute atomic E-state index is 14.0. The molecule has 0 aliphatic carbocycles. The molecule has 3 fully saturated rings. The fourth-order valence-electron chi connectivity index (χ4n) is 6.23. The number of alkyl halides is 1. The molecule has 2 bridgehead atoms. The van der Waals surface area contributed by atoms with E-state index < -0.39 is 35.6 Å². The van der Waals surface area contributed by atoms with Crippen molar-refractivity contribution in [3.63, 3.8) is 0 Å². The highest BCUT2D eigenvalue weighted by molar-refractivity contribution is 9.09. The average molecular weight is 565 g/mol. The van der Waals surface area contributed by atoms with Gasteiger partial charge in [0, 0.05) is 17.9 Å². The summed E-state index contributed by atoms with van der Waals surface area (Å²) < 4.78 is 6.51. The van der Waals surface area contributed by atoms with Crippen LogP contribution in [0, 0.1) is 17.8 Å². The second-order valence-electron chi connectivity index (χ2n) is 10.6. The van der Waals surface area contributed by atoms with Crippen LogP contribution in [0.15, 0.2) is 30.3 Å². The number of likely N-dealkylation sites (tertiary alicyclic amines) is 1. The maximum atomic E-state index is 14.0. The van der Waals surface area contributed by atoms with Crippen LogP contribution in [-0.2, 0) is 25.7 Å². The topological polar surface area (TPSA) is 108 Å². The number of rotatable bonds is 11. The lowest BCUT2D eigenvalue weighted by Gasteiger charge is -2.38. The number of amides is 3. The van der Waals surface area contributed by atoms with Crippen molar-refractivity contribution >= 4 is 33.7 Å². The third-order valence-corrected chi connectivity index (χ3v) is 8.83. The second kappa shape index (κ2) is 11.2. The fourth-order valence-corrected chi connectivity index (χ4v) is 7.17. The van der Waals surface area contributed by atoms with Crippen LogP contribution < -0.4 is 10.6 Å². The molecule has 0 aromatic heterocycles. The predicted octanol–water partition coefficient (Wildman–Crippen LogP) is 2.37. The Labute approximate surface area is 221 Å². The Kier molecular flexibility index (Phi) is 8.42. The highest BCUT2D eigenvalue weighted by Gasteiger charge is 2.77. The summed E-state index contributed by atoms with van der Waals surface area (Å²) in [6, 6.07) is 8.16. The minimum atomic E-state index is -1.11. The number of nitrogens with one attached hydrogen (secondary N) is 2. The lowest BCUT2D eigenvalue weighted by Crippen LogP contribution is -2.59. The van der Waals surface area contributed by atoms with Gasteiger partial charge in [-0.3, -0.25) is 14.4 Å². The minimum Gasteiger partial charge on any atom is -0.394 e. The van der Waals surface area contributed by atoms with E-state index in [-0.39, 0.29) is 35.1 Å². The molecular weight excluding hydrogens is 526 g/mol. The van der Waals surface area contributed by atoms with Crippen LogP contribution in [-0.4, -0.2) is 69.5 Å². The van der Waals surface area contributed by atoms with Crippen molar-refractivity contribution < 1.29 is 24.2 Å². The first kappa shape index (κ1) is 27.1. The van der Waals surface area contributed by atoms with E-state index in [4.69, 9.17) is 4.74 Å². The quantitative estimate of drug-likeness (QED) is 0.283. The van der Waals surface area contributed by atoms with Crippen LogP contribution in [0.5, 0.6) is 0 Å². The van der Waals surface area contributed by atoms with E-state index in [1.165, 1.54) is 4.90 Å². The zero-order chi connectivity index (χ0) is 26.0.